The highest BCUT2D eigenvalue weighted by atomic mass is 15.3. The lowest BCUT2D eigenvalue weighted by atomic mass is 10.0. The zero-order chi connectivity index (χ0) is 10.7. The Morgan fingerprint density at radius 1 is 1.71 bits per heavy atom. The van der Waals surface area contributed by atoms with Crippen molar-refractivity contribution in [3.05, 3.63) is 24.0 Å². The second-order valence-electron chi connectivity index (χ2n) is 3.45. The van der Waals surface area contributed by atoms with Gasteiger partial charge >= 0.3 is 0 Å². The molecule has 0 saturated carbocycles. The number of nitrogens with zero attached hydrogens (tertiary/aromatic N) is 2. The van der Waals surface area contributed by atoms with Gasteiger partial charge in [-0.15, -0.1) is 0 Å². The highest BCUT2D eigenvalue weighted by Crippen LogP contribution is 2.17. The van der Waals surface area contributed by atoms with Crippen LogP contribution in [-0.2, 0) is 0 Å². The van der Waals surface area contributed by atoms with Crippen LogP contribution in [0.15, 0.2) is 29.0 Å². The third-order valence-electron chi connectivity index (χ3n) is 2.16. The molecule has 0 aliphatic carbocycles. The SMILES string of the molecule is C=C/C(=C1/NC=NC(=N)N1C)C(C)C. The number of hydrogen-bond acceptors (Lipinski definition) is 2. The maximum Gasteiger partial charge on any atom is 0.224 e. The minimum absolute atomic E-state index is 0.235. The van der Waals surface area contributed by atoms with Crippen molar-refractivity contribution < 1.29 is 0 Å². The van der Waals surface area contributed by atoms with E-state index >= 15 is 0 Å². The predicted octanol–water partition coefficient (Wildman–Crippen LogP) is 1.54. The van der Waals surface area contributed by atoms with E-state index in [-0.39, 0.29) is 5.96 Å². The summed E-state index contributed by atoms with van der Waals surface area (Å²) in [6.07, 6.45) is 3.35. The minimum Gasteiger partial charge on any atom is -0.332 e. The Labute approximate surface area is 84.5 Å². The first-order valence-corrected chi connectivity index (χ1v) is 4.56. The molecule has 2 N–H and O–H groups in total. The van der Waals surface area contributed by atoms with E-state index in [2.05, 4.69) is 30.7 Å². The lowest BCUT2D eigenvalue weighted by molar-refractivity contribution is 0.550. The van der Waals surface area contributed by atoms with Gasteiger partial charge in [-0.1, -0.05) is 26.5 Å². The highest BCUT2D eigenvalue weighted by molar-refractivity contribution is 5.89. The van der Waals surface area contributed by atoms with Gasteiger partial charge in [-0.2, -0.15) is 0 Å². The summed E-state index contributed by atoms with van der Waals surface area (Å²) < 4.78 is 0. The van der Waals surface area contributed by atoms with Crippen molar-refractivity contribution in [3.8, 4) is 0 Å². The summed E-state index contributed by atoms with van der Waals surface area (Å²) in [4.78, 5) is 5.55. The summed E-state index contributed by atoms with van der Waals surface area (Å²) in [5.74, 6) is 1.49. The largest absolute Gasteiger partial charge is 0.332 e. The van der Waals surface area contributed by atoms with Gasteiger partial charge in [-0.3, -0.25) is 10.3 Å². The molecule has 14 heavy (non-hydrogen) atoms. The fraction of sp³-hybridized carbons (Fsp3) is 0.400. The fourth-order valence-corrected chi connectivity index (χ4v) is 1.33. The Kier molecular flexibility index (Phi) is 3.06. The quantitative estimate of drug-likeness (QED) is 0.697. The standard InChI is InChI=1S/C10H16N4/c1-5-8(7(2)3)9-12-6-13-10(11)14(9)4/h5-7H,1H2,2-4H3,(H2,11,12,13)/b9-8+. The van der Waals surface area contributed by atoms with E-state index in [1.807, 2.05) is 13.1 Å². The molecular weight excluding hydrogens is 176 g/mol. The smallest absolute Gasteiger partial charge is 0.224 e. The summed E-state index contributed by atoms with van der Waals surface area (Å²) in [6, 6.07) is 0. The summed E-state index contributed by atoms with van der Waals surface area (Å²) in [5, 5.41) is 10.6. The Morgan fingerprint density at radius 3 is 2.86 bits per heavy atom. The molecule has 0 amide bonds. The van der Waals surface area contributed by atoms with Crippen LogP contribution in [-0.4, -0.2) is 24.2 Å². The van der Waals surface area contributed by atoms with Gasteiger partial charge in [0, 0.05) is 7.05 Å². The van der Waals surface area contributed by atoms with Crippen molar-refractivity contribution in [2.45, 2.75) is 13.8 Å². The molecule has 4 nitrogen and oxygen atoms in total. The third-order valence-corrected chi connectivity index (χ3v) is 2.16. The van der Waals surface area contributed by atoms with E-state index in [4.69, 9.17) is 5.41 Å². The number of rotatable bonds is 2. The van der Waals surface area contributed by atoms with Gasteiger partial charge in [-0.25, -0.2) is 4.99 Å². The topological polar surface area (TPSA) is 51.5 Å². The molecule has 0 spiro atoms. The van der Waals surface area contributed by atoms with Gasteiger partial charge < -0.3 is 5.32 Å². The Morgan fingerprint density at radius 2 is 2.36 bits per heavy atom. The second-order valence-corrected chi connectivity index (χ2v) is 3.45. The maximum atomic E-state index is 7.55. The summed E-state index contributed by atoms with van der Waals surface area (Å²) in [7, 11) is 1.81. The van der Waals surface area contributed by atoms with E-state index in [1.54, 1.807) is 4.90 Å². The Bertz CT molecular complexity index is 312. The van der Waals surface area contributed by atoms with Crippen LogP contribution in [0.3, 0.4) is 0 Å². The van der Waals surface area contributed by atoms with Gasteiger partial charge in [0.05, 0.1) is 6.34 Å². The highest BCUT2D eigenvalue weighted by Gasteiger charge is 2.17. The van der Waals surface area contributed by atoms with Crippen LogP contribution in [0.4, 0.5) is 0 Å². The van der Waals surface area contributed by atoms with Gasteiger partial charge in [0.1, 0.15) is 5.82 Å². The second kappa shape index (κ2) is 4.09. The summed E-state index contributed by atoms with van der Waals surface area (Å²) in [6.45, 7) is 7.96. The summed E-state index contributed by atoms with van der Waals surface area (Å²) >= 11 is 0. The van der Waals surface area contributed by atoms with Crippen LogP contribution < -0.4 is 5.32 Å². The molecule has 0 atom stereocenters. The fourth-order valence-electron chi connectivity index (χ4n) is 1.33. The van der Waals surface area contributed by atoms with Crippen LogP contribution in [0.1, 0.15) is 13.8 Å². The van der Waals surface area contributed by atoms with E-state index < -0.39 is 0 Å². The third kappa shape index (κ3) is 1.84. The number of nitrogens with one attached hydrogen (secondary N) is 2. The molecule has 0 saturated heterocycles. The van der Waals surface area contributed by atoms with E-state index in [0.29, 0.717) is 5.92 Å². The first-order valence-electron chi connectivity index (χ1n) is 4.56. The summed E-state index contributed by atoms with van der Waals surface area (Å²) in [5.41, 5.74) is 1.09. The lowest BCUT2D eigenvalue weighted by Gasteiger charge is -2.27. The number of aliphatic imine (C=N–C) groups is 1. The van der Waals surface area contributed by atoms with Gasteiger partial charge in [-0.05, 0) is 11.5 Å². The van der Waals surface area contributed by atoms with Crippen molar-refractivity contribution in [2.75, 3.05) is 7.05 Å². The molecule has 0 radical (unpaired) electrons. The van der Waals surface area contributed by atoms with Crippen LogP contribution in [0, 0.1) is 11.3 Å². The molecule has 0 bridgehead atoms. The van der Waals surface area contributed by atoms with Gasteiger partial charge in [0.2, 0.25) is 5.96 Å². The van der Waals surface area contributed by atoms with Crippen molar-refractivity contribution in [1.82, 2.24) is 10.2 Å². The molecule has 1 rings (SSSR count). The lowest BCUT2D eigenvalue weighted by Crippen LogP contribution is -2.38. The zero-order valence-electron chi connectivity index (χ0n) is 8.83. The van der Waals surface area contributed by atoms with E-state index in [0.717, 1.165) is 11.4 Å². The molecule has 76 valence electrons. The average Bonchev–Trinajstić information content (AvgIpc) is 2.13. The van der Waals surface area contributed by atoms with Gasteiger partial charge in [0.25, 0.3) is 0 Å². The molecule has 1 aliphatic rings. The van der Waals surface area contributed by atoms with Crippen molar-refractivity contribution >= 4 is 12.3 Å². The monoisotopic (exact) mass is 192 g/mol. The molecule has 1 aliphatic heterocycles. The number of hydrogen-bond donors (Lipinski definition) is 2. The Hall–Kier alpha value is -1.58. The normalized spacial score (nSPS) is 19.7. The zero-order valence-corrected chi connectivity index (χ0v) is 8.83. The molecule has 0 aromatic rings. The minimum atomic E-state index is 0.235. The van der Waals surface area contributed by atoms with E-state index in [9.17, 15) is 0 Å². The maximum absolute atomic E-state index is 7.55. The number of allylic oxidation sites excluding steroid dienone is 2. The number of guanidine groups is 1. The molecule has 0 aromatic carbocycles. The molecule has 0 fully saturated rings. The predicted molar refractivity (Wildman–Crippen MR) is 59.2 cm³/mol. The first-order chi connectivity index (χ1) is 6.57. The van der Waals surface area contributed by atoms with Crippen molar-refractivity contribution in [1.29, 1.82) is 5.41 Å². The van der Waals surface area contributed by atoms with Crippen LogP contribution in [0.25, 0.3) is 0 Å². The average molecular weight is 192 g/mol. The molecular formula is C10H16N4. The van der Waals surface area contributed by atoms with Crippen LogP contribution in [0.2, 0.25) is 0 Å². The van der Waals surface area contributed by atoms with Crippen LogP contribution in [0.5, 0.6) is 0 Å². The molecule has 1 heterocycles. The van der Waals surface area contributed by atoms with Gasteiger partial charge in [0.15, 0.2) is 0 Å². The first kappa shape index (κ1) is 10.5. The molecule has 0 unspecified atom stereocenters. The Balaban J connectivity index is 3.12. The molecule has 4 heteroatoms. The van der Waals surface area contributed by atoms with Crippen molar-refractivity contribution in [3.63, 3.8) is 0 Å². The van der Waals surface area contributed by atoms with Crippen molar-refractivity contribution in [2.24, 2.45) is 10.9 Å². The van der Waals surface area contributed by atoms with Crippen LogP contribution >= 0.6 is 0 Å². The molecule has 0 aromatic heterocycles. The van der Waals surface area contributed by atoms with E-state index in [1.165, 1.54) is 6.34 Å².